The van der Waals surface area contributed by atoms with E-state index >= 15 is 0 Å². The van der Waals surface area contributed by atoms with Crippen molar-refractivity contribution in [2.75, 3.05) is 39.5 Å². The van der Waals surface area contributed by atoms with Gasteiger partial charge in [-0.2, -0.15) is 8.42 Å². The van der Waals surface area contributed by atoms with Crippen LogP contribution in [0.2, 0.25) is 0 Å². The Morgan fingerprint density at radius 1 is 1.00 bits per heavy atom. The lowest BCUT2D eigenvalue weighted by Crippen LogP contribution is -2.59. The first-order chi connectivity index (χ1) is 19.1. The highest BCUT2D eigenvalue weighted by molar-refractivity contribution is 7.85. The lowest BCUT2D eigenvalue weighted by Gasteiger charge is -2.61. The first kappa shape index (κ1) is 33.1. The van der Waals surface area contributed by atoms with E-state index in [1.165, 1.54) is 0 Å². The van der Waals surface area contributed by atoms with Gasteiger partial charge in [0.15, 0.2) is 0 Å². The molecular weight excluding hydrogens is 544 g/mol. The van der Waals surface area contributed by atoms with Gasteiger partial charge in [-0.15, -0.1) is 0 Å². The molecule has 9 nitrogen and oxygen atoms in total. The number of fused-ring (bicyclic) bond motifs is 5. The summed E-state index contributed by atoms with van der Waals surface area (Å²) in [4.78, 5) is 12.6. The highest BCUT2D eigenvalue weighted by Gasteiger charge is 2.61. The Labute approximate surface area is 247 Å². The van der Waals surface area contributed by atoms with Crippen molar-refractivity contribution in [2.45, 2.75) is 103 Å². The van der Waals surface area contributed by atoms with Crippen LogP contribution >= 0.6 is 0 Å². The molecule has 238 valence electrons. The number of carbonyl (C=O) groups excluding carboxylic acids is 1. The van der Waals surface area contributed by atoms with Gasteiger partial charge in [-0.1, -0.05) is 13.8 Å². The van der Waals surface area contributed by atoms with Gasteiger partial charge >= 0.3 is 0 Å². The van der Waals surface area contributed by atoms with Crippen molar-refractivity contribution in [3.63, 3.8) is 0 Å². The third-order valence-electron chi connectivity index (χ3n) is 12.0. The normalized spacial score (nSPS) is 39.9. The van der Waals surface area contributed by atoms with E-state index in [0.717, 1.165) is 64.3 Å². The van der Waals surface area contributed by atoms with Gasteiger partial charge in [0.2, 0.25) is 5.91 Å². The molecular formula is C31H57N2O7S+. The summed E-state index contributed by atoms with van der Waals surface area (Å²) in [5.41, 5.74) is 0.0883. The Balaban J connectivity index is 1.23. The number of carbonyl (C=O) groups is 1. The molecule has 0 aromatic rings. The van der Waals surface area contributed by atoms with Gasteiger partial charge in [-0.3, -0.25) is 9.35 Å². The van der Waals surface area contributed by atoms with Crippen LogP contribution in [0.1, 0.15) is 84.5 Å². The highest BCUT2D eigenvalue weighted by atomic mass is 32.2. The zero-order valence-corrected chi connectivity index (χ0v) is 26.6. The van der Waals surface area contributed by atoms with Crippen LogP contribution in [0.15, 0.2) is 0 Å². The third kappa shape index (κ3) is 7.85. The molecule has 0 radical (unpaired) electrons. The molecule has 5 N–H and O–H groups in total. The van der Waals surface area contributed by atoms with Crippen molar-refractivity contribution >= 4 is 16.0 Å². The molecule has 0 heterocycles. The molecule has 0 aliphatic heterocycles. The lowest BCUT2D eigenvalue weighted by atomic mass is 9.45. The minimum Gasteiger partial charge on any atom is -0.393 e. The summed E-state index contributed by atoms with van der Waals surface area (Å²) in [7, 11) is 0.117. The van der Waals surface area contributed by atoms with Crippen molar-refractivity contribution in [3.8, 4) is 0 Å². The number of aliphatic hydroxyl groups excluding tert-OH is 3. The van der Waals surface area contributed by atoms with Crippen LogP contribution in [0.25, 0.3) is 0 Å². The average molecular weight is 602 g/mol. The van der Waals surface area contributed by atoms with Crippen molar-refractivity contribution in [3.05, 3.63) is 0 Å². The fourth-order valence-corrected chi connectivity index (χ4v) is 10.3. The lowest BCUT2D eigenvalue weighted by molar-refractivity contribution is -0.890. The first-order valence-corrected chi connectivity index (χ1v) is 17.8. The Morgan fingerprint density at radius 3 is 2.39 bits per heavy atom. The van der Waals surface area contributed by atoms with Gasteiger partial charge in [0.1, 0.15) is 0 Å². The van der Waals surface area contributed by atoms with Crippen molar-refractivity contribution < 1.29 is 37.6 Å². The molecule has 1 amide bonds. The molecule has 0 unspecified atom stereocenters. The molecule has 11 atom stereocenters. The maximum atomic E-state index is 12.6. The number of rotatable bonds is 12. The van der Waals surface area contributed by atoms with Gasteiger partial charge in [0.05, 0.1) is 51.2 Å². The summed E-state index contributed by atoms with van der Waals surface area (Å²) in [6.45, 7) is 6.61. The first-order valence-electron chi connectivity index (χ1n) is 16.2. The number of quaternary nitrogens is 1. The Hall–Kier alpha value is -0.780. The summed E-state index contributed by atoms with van der Waals surface area (Å²) < 4.78 is 31.4. The van der Waals surface area contributed by atoms with Crippen LogP contribution < -0.4 is 5.32 Å². The van der Waals surface area contributed by atoms with E-state index in [4.69, 9.17) is 4.55 Å². The second kappa shape index (κ2) is 13.1. The average Bonchev–Trinajstić information content (AvgIpc) is 3.32. The van der Waals surface area contributed by atoms with E-state index < -0.39 is 10.1 Å². The third-order valence-corrected chi connectivity index (χ3v) is 12.8. The fourth-order valence-electron chi connectivity index (χ4n) is 9.79. The Morgan fingerprint density at radius 2 is 1.68 bits per heavy atom. The van der Waals surface area contributed by atoms with Gasteiger partial charge in [-0.25, -0.2) is 0 Å². The smallest absolute Gasteiger partial charge is 0.265 e. The Kier molecular flexibility index (Phi) is 10.6. The van der Waals surface area contributed by atoms with Crippen LogP contribution in [-0.2, 0) is 14.9 Å². The predicted octanol–water partition coefficient (Wildman–Crippen LogP) is 2.83. The number of hydrogen-bond acceptors (Lipinski definition) is 6. The summed E-state index contributed by atoms with van der Waals surface area (Å²) in [5.74, 6) is 1.93. The van der Waals surface area contributed by atoms with Gasteiger partial charge in [-0.05, 0) is 98.2 Å². The summed E-state index contributed by atoms with van der Waals surface area (Å²) >= 11 is 0. The van der Waals surface area contributed by atoms with Crippen molar-refractivity contribution in [1.29, 1.82) is 0 Å². The highest BCUT2D eigenvalue weighted by Crippen LogP contribution is 2.64. The van der Waals surface area contributed by atoms with E-state index in [1.54, 1.807) is 0 Å². The second-order valence-electron chi connectivity index (χ2n) is 15.1. The van der Waals surface area contributed by atoms with Crippen molar-refractivity contribution in [2.24, 2.45) is 46.8 Å². The topological polar surface area (TPSA) is 144 Å². The molecule has 4 aliphatic rings. The van der Waals surface area contributed by atoms with E-state index in [1.807, 2.05) is 14.1 Å². The molecule has 0 saturated heterocycles. The number of amides is 1. The molecule has 10 heteroatoms. The number of nitrogens with zero attached hydrogens (tertiary/aromatic N) is 1. The van der Waals surface area contributed by atoms with Crippen LogP contribution in [-0.4, -0.2) is 96.5 Å². The number of hydrogen-bond donors (Lipinski definition) is 5. The molecule has 0 spiro atoms. The summed E-state index contributed by atoms with van der Waals surface area (Å²) in [6, 6.07) is 0. The van der Waals surface area contributed by atoms with Crippen LogP contribution in [0, 0.1) is 46.8 Å². The predicted molar refractivity (Wildman–Crippen MR) is 158 cm³/mol. The van der Waals surface area contributed by atoms with Gasteiger partial charge < -0.3 is 25.1 Å². The van der Waals surface area contributed by atoms with Gasteiger partial charge in [0, 0.05) is 25.8 Å². The molecule has 41 heavy (non-hydrogen) atoms. The summed E-state index contributed by atoms with van der Waals surface area (Å²) in [5, 5.41) is 36.2. The van der Waals surface area contributed by atoms with Gasteiger partial charge in [0.25, 0.3) is 10.1 Å². The number of nitrogens with one attached hydrogen (secondary N) is 1. The molecule has 0 bridgehead atoms. The minimum absolute atomic E-state index is 0.0495. The van der Waals surface area contributed by atoms with Crippen molar-refractivity contribution in [1.82, 2.24) is 5.32 Å². The minimum atomic E-state index is -3.93. The van der Waals surface area contributed by atoms with E-state index in [2.05, 4.69) is 19.2 Å². The van der Waals surface area contributed by atoms with Crippen LogP contribution in [0.4, 0.5) is 0 Å². The SMILES string of the molecule is C[C@H](CCC(=O)NCCC[N+](C)(C)CCCS(=O)(=O)O)[C@H]1CC[C@@H]2[C@@H]1[C@@H](O)C[C@H]1[C@H]2[C@H](O)C[C@@H]2C[C@H](O)CC[C@@]21C. The fraction of sp³-hybridized carbons (Fsp3) is 0.968. The van der Waals surface area contributed by atoms with E-state index in [0.29, 0.717) is 60.0 Å². The number of aliphatic hydroxyl groups is 3. The van der Waals surface area contributed by atoms with E-state index in [9.17, 15) is 28.5 Å². The summed E-state index contributed by atoms with van der Waals surface area (Å²) in [6.07, 6.45) is 7.68. The molecule has 4 fully saturated rings. The van der Waals surface area contributed by atoms with Crippen LogP contribution in [0.3, 0.4) is 0 Å². The molecule has 0 aromatic carbocycles. The molecule has 4 rings (SSSR count). The standard InChI is InChI=1S/C31H56N2O7S/c1-20(7-10-28(37)32-13-5-14-33(3,4)15-6-16-41(38,39)40)23-8-9-24-29(23)27(36)19-25-30(24)26(35)18-21-17-22(34)11-12-31(21,25)2/h20-27,29-30,34-36H,5-19H2,1-4H3,(H-,32,37,38,39,40)/p+1/t20-,21+,22-,23-,24-,25+,26-,27+,29-,30+,31+/m1/s1. The largest absolute Gasteiger partial charge is 0.393 e. The van der Waals surface area contributed by atoms with Crippen LogP contribution in [0.5, 0.6) is 0 Å². The Bertz CT molecular complexity index is 1010. The molecule has 0 aromatic heterocycles. The van der Waals surface area contributed by atoms with E-state index in [-0.39, 0.29) is 47.2 Å². The second-order valence-corrected chi connectivity index (χ2v) is 16.7. The quantitative estimate of drug-likeness (QED) is 0.131. The maximum Gasteiger partial charge on any atom is 0.265 e. The zero-order chi connectivity index (χ0) is 30.2. The molecule has 4 aliphatic carbocycles. The molecule has 4 saturated carbocycles. The zero-order valence-electron chi connectivity index (χ0n) is 25.7. The maximum absolute atomic E-state index is 12.6. The monoisotopic (exact) mass is 601 g/mol.